The van der Waals surface area contributed by atoms with Gasteiger partial charge in [-0.3, -0.25) is 9.59 Å². The van der Waals surface area contributed by atoms with E-state index in [-0.39, 0.29) is 24.3 Å². The van der Waals surface area contributed by atoms with Crippen LogP contribution in [0.3, 0.4) is 0 Å². The van der Waals surface area contributed by atoms with Crippen molar-refractivity contribution in [3.8, 4) is 0 Å². The largest absolute Gasteiger partial charge is 0.467 e. The zero-order valence-corrected chi connectivity index (χ0v) is 14.0. The van der Waals surface area contributed by atoms with Crippen LogP contribution in [-0.4, -0.2) is 29.3 Å². The second-order valence-electron chi connectivity index (χ2n) is 6.16. The molecule has 3 rings (SSSR count). The lowest BCUT2D eigenvalue weighted by Crippen LogP contribution is -2.36. The van der Waals surface area contributed by atoms with Gasteiger partial charge < -0.3 is 19.1 Å². The summed E-state index contributed by atoms with van der Waals surface area (Å²) in [6.07, 6.45) is 3.84. The lowest BCUT2D eigenvalue weighted by molar-refractivity contribution is -0.121. The zero-order chi connectivity index (χ0) is 17.1. The maximum Gasteiger partial charge on any atom is 0.257 e. The summed E-state index contributed by atoms with van der Waals surface area (Å²) in [7, 11) is 0. The number of rotatable bonds is 7. The van der Waals surface area contributed by atoms with Crippen molar-refractivity contribution in [1.82, 2.24) is 10.2 Å². The number of furan rings is 2. The lowest BCUT2D eigenvalue weighted by atomic mass is 10.2. The van der Waals surface area contributed by atoms with Gasteiger partial charge in [-0.2, -0.15) is 0 Å². The van der Waals surface area contributed by atoms with Crippen molar-refractivity contribution >= 4 is 11.8 Å². The second kappa shape index (κ2) is 6.95. The first kappa shape index (κ1) is 16.4. The summed E-state index contributed by atoms with van der Waals surface area (Å²) in [6, 6.07) is 5.60. The van der Waals surface area contributed by atoms with Gasteiger partial charge in [0.15, 0.2) is 0 Å². The van der Waals surface area contributed by atoms with Crippen LogP contribution >= 0.6 is 0 Å². The van der Waals surface area contributed by atoms with Gasteiger partial charge in [-0.15, -0.1) is 0 Å². The summed E-state index contributed by atoms with van der Waals surface area (Å²) in [5.41, 5.74) is 0.593. The first-order chi connectivity index (χ1) is 11.5. The summed E-state index contributed by atoms with van der Waals surface area (Å²) in [4.78, 5) is 26.5. The third-order valence-electron chi connectivity index (χ3n) is 4.14. The van der Waals surface area contributed by atoms with Crippen LogP contribution in [0.25, 0.3) is 0 Å². The Kier molecular flexibility index (Phi) is 4.74. The molecule has 1 aliphatic carbocycles. The third-order valence-corrected chi connectivity index (χ3v) is 4.14. The fourth-order valence-electron chi connectivity index (χ4n) is 2.74. The van der Waals surface area contributed by atoms with E-state index < -0.39 is 0 Å². The average Bonchev–Trinajstić information content (AvgIpc) is 3.13. The van der Waals surface area contributed by atoms with Crippen LogP contribution in [0.4, 0.5) is 0 Å². The molecule has 2 aromatic rings. The van der Waals surface area contributed by atoms with Gasteiger partial charge in [0.2, 0.25) is 5.91 Å². The Morgan fingerprint density at radius 3 is 2.71 bits per heavy atom. The quantitative estimate of drug-likeness (QED) is 0.847. The fraction of sp³-hybridized carbons (Fsp3) is 0.444. The highest BCUT2D eigenvalue weighted by atomic mass is 16.3. The number of hydrogen-bond acceptors (Lipinski definition) is 4. The Balaban J connectivity index is 1.55. The number of carbonyl (C=O) groups is 2. The number of hydrogen-bond donors (Lipinski definition) is 1. The first-order valence-electron chi connectivity index (χ1n) is 8.21. The van der Waals surface area contributed by atoms with E-state index in [1.165, 1.54) is 0 Å². The van der Waals surface area contributed by atoms with E-state index in [1.54, 1.807) is 30.2 Å². The molecule has 6 heteroatoms. The number of amides is 2. The number of nitrogens with one attached hydrogen (secondary N) is 1. The standard InChI is InChI=1S/C18H22N2O4/c1-12-10-16(13(2)24-12)18(22)20(14-5-6-14)8-7-17(21)19-11-15-4-3-9-23-15/h3-4,9-10,14H,5-8,11H2,1-2H3,(H,19,21). The molecule has 1 saturated carbocycles. The minimum absolute atomic E-state index is 0.0503. The molecule has 2 heterocycles. The molecular weight excluding hydrogens is 308 g/mol. The Bertz CT molecular complexity index is 713. The number of nitrogens with zero attached hydrogens (tertiary/aromatic N) is 1. The van der Waals surface area contributed by atoms with Gasteiger partial charge in [-0.1, -0.05) is 0 Å². The van der Waals surface area contributed by atoms with Crippen LogP contribution < -0.4 is 5.32 Å². The molecule has 6 nitrogen and oxygen atoms in total. The van der Waals surface area contributed by atoms with Crippen LogP contribution in [0.15, 0.2) is 33.3 Å². The lowest BCUT2D eigenvalue weighted by Gasteiger charge is -2.21. The van der Waals surface area contributed by atoms with Gasteiger partial charge >= 0.3 is 0 Å². The van der Waals surface area contributed by atoms with Crippen LogP contribution in [-0.2, 0) is 11.3 Å². The first-order valence-corrected chi connectivity index (χ1v) is 8.21. The highest BCUT2D eigenvalue weighted by Crippen LogP contribution is 2.29. The van der Waals surface area contributed by atoms with Crippen molar-refractivity contribution in [3.05, 3.63) is 47.3 Å². The van der Waals surface area contributed by atoms with Crippen molar-refractivity contribution in [2.45, 2.75) is 45.7 Å². The topological polar surface area (TPSA) is 75.7 Å². The van der Waals surface area contributed by atoms with Crippen LogP contribution in [0, 0.1) is 13.8 Å². The van der Waals surface area contributed by atoms with E-state index in [2.05, 4.69) is 5.32 Å². The van der Waals surface area contributed by atoms with Crippen molar-refractivity contribution in [2.75, 3.05) is 6.54 Å². The molecule has 1 N–H and O–H groups in total. The number of aryl methyl sites for hydroxylation is 2. The summed E-state index contributed by atoms with van der Waals surface area (Å²) in [5.74, 6) is 1.92. The molecule has 128 valence electrons. The molecule has 0 bridgehead atoms. The molecule has 0 aliphatic heterocycles. The minimum atomic E-state index is -0.0926. The van der Waals surface area contributed by atoms with Crippen molar-refractivity contribution in [3.63, 3.8) is 0 Å². The molecule has 0 aromatic carbocycles. The maximum absolute atomic E-state index is 12.7. The van der Waals surface area contributed by atoms with E-state index in [0.717, 1.165) is 18.6 Å². The molecule has 0 atom stereocenters. The van der Waals surface area contributed by atoms with Gasteiger partial charge in [0.1, 0.15) is 17.3 Å². The molecule has 0 saturated heterocycles. The van der Waals surface area contributed by atoms with E-state index >= 15 is 0 Å². The smallest absolute Gasteiger partial charge is 0.257 e. The highest BCUT2D eigenvalue weighted by Gasteiger charge is 2.34. The van der Waals surface area contributed by atoms with Crippen molar-refractivity contribution in [2.24, 2.45) is 0 Å². The monoisotopic (exact) mass is 330 g/mol. The summed E-state index contributed by atoms with van der Waals surface area (Å²) < 4.78 is 10.6. The predicted molar refractivity (Wildman–Crippen MR) is 87.4 cm³/mol. The summed E-state index contributed by atoms with van der Waals surface area (Å²) in [6.45, 7) is 4.40. The normalized spacial score (nSPS) is 13.8. The maximum atomic E-state index is 12.7. The Hall–Kier alpha value is -2.50. The number of carbonyl (C=O) groups excluding carboxylic acids is 2. The molecule has 24 heavy (non-hydrogen) atoms. The van der Waals surface area contributed by atoms with Gasteiger partial charge in [-0.25, -0.2) is 0 Å². The molecule has 2 amide bonds. The fourth-order valence-corrected chi connectivity index (χ4v) is 2.74. The van der Waals surface area contributed by atoms with Gasteiger partial charge in [0, 0.05) is 19.0 Å². The van der Waals surface area contributed by atoms with E-state index in [9.17, 15) is 9.59 Å². The minimum Gasteiger partial charge on any atom is -0.467 e. The van der Waals surface area contributed by atoms with E-state index in [4.69, 9.17) is 8.83 Å². The SMILES string of the molecule is Cc1cc(C(=O)N(CCC(=O)NCc2ccco2)C2CC2)c(C)o1. The Morgan fingerprint density at radius 1 is 1.33 bits per heavy atom. The molecule has 2 aromatic heterocycles. The summed E-state index contributed by atoms with van der Waals surface area (Å²) >= 11 is 0. The zero-order valence-electron chi connectivity index (χ0n) is 14.0. The van der Waals surface area contributed by atoms with Gasteiger partial charge in [0.05, 0.1) is 18.4 Å². The van der Waals surface area contributed by atoms with Crippen molar-refractivity contribution in [1.29, 1.82) is 0 Å². The molecule has 0 spiro atoms. The molecule has 1 aliphatic rings. The molecule has 0 radical (unpaired) electrons. The second-order valence-corrected chi connectivity index (χ2v) is 6.16. The van der Waals surface area contributed by atoms with E-state index in [1.807, 2.05) is 13.0 Å². The van der Waals surface area contributed by atoms with Gasteiger partial charge in [0.25, 0.3) is 5.91 Å². The molecule has 1 fully saturated rings. The Labute approximate surface area is 140 Å². The highest BCUT2D eigenvalue weighted by molar-refractivity contribution is 5.96. The van der Waals surface area contributed by atoms with Crippen LogP contribution in [0.2, 0.25) is 0 Å². The van der Waals surface area contributed by atoms with Crippen molar-refractivity contribution < 1.29 is 18.4 Å². The molecular formula is C18H22N2O4. The third kappa shape index (κ3) is 3.88. The Morgan fingerprint density at radius 2 is 2.12 bits per heavy atom. The van der Waals surface area contributed by atoms with E-state index in [0.29, 0.717) is 30.2 Å². The molecule has 0 unspecified atom stereocenters. The van der Waals surface area contributed by atoms with Crippen LogP contribution in [0.5, 0.6) is 0 Å². The summed E-state index contributed by atoms with van der Waals surface area (Å²) in [5, 5.41) is 2.80. The van der Waals surface area contributed by atoms with Crippen LogP contribution in [0.1, 0.15) is 46.9 Å². The van der Waals surface area contributed by atoms with Gasteiger partial charge in [-0.05, 0) is 44.9 Å². The predicted octanol–water partition coefficient (Wildman–Crippen LogP) is 2.80. The average molecular weight is 330 g/mol.